The fourth-order valence-corrected chi connectivity index (χ4v) is 4.06. The lowest BCUT2D eigenvalue weighted by molar-refractivity contribution is -0.134. The monoisotopic (exact) mass is 438 g/mol. The molecular formula is C24H23ClN2O4. The van der Waals surface area contributed by atoms with Crippen molar-refractivity contribution in [1.29, 1.82) is 0 Å². The molecule has 3 aromatic rings. The van der Waals surface area contributed by atoms with E-state index in [0.717, 1.165) is 11.1 Å². The first-order chi connectivity index (χ1) is 15.1. The molecule has 1 aromatic heterocycles. The van der Waals surface area contributed by atoms with Crippen molar-refractivity contribution in [1.82, 2.24) is 9.88 Å². The van der Waals surface area contributed by atoms with Gasteiger partial charge in [-0.1, -0.05) is 11.6 Å². The Kier molecular flexibility index (Phi) is 6.37. The maximum Gasteiger partial charge on any atom is 0.260 e. The lowest BCUT2D eigenvalue weighted by Gasteiger charge is -2.31. The molecule has 0 saturated carbocycles. The highest BCUT2D eigenvalue weighted by molar-refractivity contribution is 6.35. The third-order valence-corrected chi connectivity index (χ3v) is 5.95. The van der Waals surface area contributed by atoms with Gasteiger partial charge in [-0.25, -0.2) is 0 Å². The van der Waals surface area contributed by atoms with Crippen LogP contribution in [0.25, 0.3) is 10.9 Å². The fraction of sp³-hybridized carbons (Fsp3) is 0.292. The summed E-state index contributed by atoms with van der Waals surface area (Å²) in [5.74, 6) is 1.18. The Bertz CT molecular complexity index is 1090. The Labute approximate surface area is 185 Å². The van der Waals surface area contributed by atoms with E-state index >= 15 is 0 Å². The van der Waals surface area contributed by atoms with Gasteiger partial charge in [0, 0.05) is 36.2 Å². The minimum absolute atomic E-state index is 0.0790. The van der Waals surface area contributed by atoms with Crippen molar-refractivity contribution in [2.45, 2.75) is 12.8 Å². The number of amides is 1. The topological polar surface area (TPSA) is 68.7 Å². The van der Waals surface area contributed by atoms with Crippen LogP contribution in [0.2, 0.25) is 5.02 Å². The number of likely N-dealkylation sites (tertiary alicyclic amines) is 1. The smallest absolute Gasteiger partial charge is 0.260 e. The molecule has 0 radical (unpaired) electrons. The Morgan fingerprint density at radius 1 is 1.10 bits per heavy atom. The molecule has 1 amide bonds. The molecular weight excluding hydrogens is 416 g/mol. The minimum Gasteiger partial charge on any atom is -0.497 e. The number of benzene rings is 2. The van der Waals surface area contributed by atoms with Crippen LogP contribution in [0.1, 0.15) is 23.2 Å². The molecule has 1 saturated heterocycles. The van der Waals surface area contributed by atoms with Gasteiger partial charge in [-0.15, -0.1) is 0 Å². The van der Waals surface area contributed by atoms with Crippen LogP contribution in [0.4, 0.5) is 0 Å². The number of hydrogen-bond acceptors (Lipinski definition) is 5. The van der Waals surface area contributed by atoms with Crippen molar-refractivity contribution in [3.8, 4) is 11.5 Å². The normalized spacial score (nSPS) is 14.5. The van der Waals surface area contributed by atoms with E-state index in [-0.39, 0.29) is 24.2 Å². The van der Waals surface area contributed by atoms with Gasteiger partial charge < -0.3 is 14.4 Å². The number of hydrogen-bond donors (Lipinski definition) is 0. The van der Waals surface area contributed by atoms with Crippen LogP contribution >= 0.6 is 11.6 Å². The van der Waals surface area contributed by atoms with Gasteiger partial charge in [-0.2, -0.15) is 0 Å². The van der Waals surface area contributed by atoms with Crippen molar-refractivity contribution >= 4 is 34.2 Å². The molecule has 2 aromatic carbocycles. The number of carbonyl (C=O) groups excluding carboxylic acids is 2. The van der Waals surface area contributed by atoms with Crippen LogP contribution in [0.15, 0.2) is 54.7 Å². The number of methoxy groups -OCH3 is 1. The van der Waals surface area contributed by atoms with Crippen LogP contribution in [-0.2, 0) is 4.79 Å². The van der Waals surface area contributed by atoms with Gasteiger partial charge in [0.25, 0.3) is 5.91 Å². The number of ether oxygens (including phenoxy) is 2. The quantitative estimate of drug-likeness (QED) is 0.533. The Hall–Kier alpha value is -3.12. The molecule has 1 aliphatic rings. The van der Waals surface area contributed by atoms with Crippen molar-refractivity contribution < 1.29 is 19.1 Å². The second-order valence-corrected chi connectivity index (χ2v) is 7.89. The van der Waals surface area contributed by atoms with Gasteiger partial charge >= 0.3 is 0 Å². The SMILES string of the molecule is COc1ccc(C(=O)C2CCN(C(=O)COc3ccc(Cl)c4cccnc34)CC2)cc1. The molecule has 0 atom stereocenters. The van der Waals surface area contributed by atoms with Crippen molar-refractivity contribution in [2.24, 2.45) is 5.92 Å². The van der Waals surface area contributed by atoms with Gasteiger partial charge in [0.1, 0.15) is 17.0 Å². The van der Waals surface area contributed by atoms with E-state index in [9.17, 15) is 9.59 Å². The highest BCUT2D eigenvalue weighted by atomic mass is 35.5. The maximum absolute atomic E-state index is 12.8. The summed E-state index contributed by atoms with van der Waals surface area (Å²) in [4.78, 5) is 31.5. The third-order valence-electron chi connectivity index (χ3n) is 5.62. The number of pyridine rings is 1. The van der Waals surface area contributed by atoms with E-state index in [4.69, 9.17) is 21.1 Å². The Morgan fingerprint density at radius 3 is 2.55 bits per heavy atom. The molecule has 2 heterocycles. The predicted molar refractivity (Wildman–Crippen MR) is 119 cm³/mol. The molecule has 4 rings (SSSR count). The summed E-state index contributed by atoms with van der Waals surface area (Å²) in [7, 11) is 1.60. The number of halogens is 1. The lowest BCUT2D eigenvalue weighted by atomic mass is 9.89. The number of carbonyl (C=O) groups is 2. The van der Waals surface area contributed by atoms with Gasteiger partial charge in [-0.05, 0) is 61.4 Å². The van der Waals surface area contributed by atoms with Gasteiger partial charge in [0.15, 0.2) is 12.4 Å². The third kappa shape index (κ3) is 4.64. The number of ketones is 1. The summed E-state index contributed by atoms with van der Waals surface area (Å²) >= 11 is 6.21. The zero-order chi connectivity index (χ0) is 21.8. The second-order valence-electron chi connectivity index (χ2n) is 7.48. The zero-order valence-electron chi connectivity index (χ0n) is 17.2. The molecule has 31 heavy (non-hydrogen) atoms. The van der Waals surface area contributed by atoms with Crippen LogP contribution in [-0.4, -0.2) is 48.4 Å². The first-order valence-corrected chi connectivity index (χ1v) is 10.6. The molecule has 1 aliphatic heterocycles. The van der Waals surface area contributed by atoms with Gasteiger partial charge in [0.2, 0.25) is 0 Å². The molecule has 0 spiro atoms. The molecule has 0 N–H and O–H groups in total. The zero-order valence-corrected chi connectivity index (χ0v) is 18.0. The van der Waals surface area contributed by atoms with E-state index in [2.05, 4.69) is 4.98 Å². The Balaban J connectivity index is 1.32. The average molecular weight is 439 g/mol. The van der Waals surface area contributed by atoms with Gasteiger partial charge in [-0.3, -0.25) is 14.6 Å². The van der Waals surface area contributed by atoms with E-state index in [1.807, 2.05) is 6.07 Å². The number of Topliss-reactive ketones (excluding diaryl/α,β-unsaturated/α-hetero) is 1. The van der Waals surface area contributed by atoms with Crippen molar-refractivity contribution in [2.75, 3.05) is 26.8 Å². The summed E-state index contributed by atoms with van der Waals surface area (Å²) in [5.41, 5.74) is 1.31. The number of fused-ring (bicyclic) bond motifs is 1. The van der Waals surface area contributed by atoms with Crippen LogP contribution in [0.5, 0.6) is 11.5 Å². The molecule has 0 bridgehead atoms. The first-order valence-electron chi connectivity index (χ1n) is 10.2. The first kappa shape index (κ1) is 21.1. The fourth-order valence-electron chi connectivity index (χ4n) is 3.84. The number of rotatable bonds is 6. The van der Waals surface area contributed by atoms with E-state index in [0.29, 0.717) is 47.8 Å². The summed E-state index contributed by atoms with van der Waals surface area (Å²) in [6, 6.07) is 14.3. The largest absolute Gasteiger partial charge is 0.497 e. The molecule has 0 unspecified atom stereocenters. The Morgan fingerprint density at radius 2 is 1.84 bits per heavy atom. The maximum atomic E-state index is 12.8. The predicted octanol–water partition coefficient (Wildman–Crippen LogP) is 4.40. The van der Waals surface area contributed by atoms with Crippen LogP contribution in [0.3, 0.4) is 0 Å². The standard InChI is InChI=1S/C24H23ClN2O4/c1-30-18-6-4-16(5-7-18)24(29)17-10-13-27(14-11-17)22(28)15-31-21-9-8-20(25)19-3-2-12-26-23(19)21/h2-9,12,17H,10-11,13-15H2,1H3. The minimum atomic E-state index is -0.102. The van der Waals surface area contributed by atoms with Crippen LogP contribution in [0, 0.1) is 5.92 Å². The highest BCUT2D eigenvalue weighted by Gasteiger charge is 2.28. The summed E-state index contributed by atoms with van der Waals surface area (Å²) < 4.78 is 10.9. The number of aromatic nitrogens is 1. The second kappa shape index (κ2) is 9.35. The van der Waals surface area contributed by atoms with E-state index in [1.165, 1.54) is 0 Å². The van der Waals surface area contributed by atoms with Crippen molar-refractivity contribution in [3.05, 3.63) is 65.3 Å². The van der Waals surface area contributed by atoms with E-state index < -0.39 is 0 Å². The lowest BCUT2D eigenvalue weighted by Crippen LogP contribution is -2.42. The van der Waals surface area contributed by atoms with Crippen LogP contribution < -0.4 is 9.47 Å². The molecule has 6 nitrogen and oxygen atoms in total. The summed E-state index contributed by atoms with van der Waals surface area (Å²) in [6.07, 6.45) is 2.95. The molecule has 1 fully saturated rings. The number of piperidine rings is 1. The van der Waals surface area contributed by atoms with Crippen molar-refractivity contribution in [3.63, 3.8) is 0 Å². The summed E-state index contributed by atoms with van der Waals surface area (Å²) in [5, 5.41) is 1.37. The van der Waals surface area contributed by atoms with Gasteiger partial charge in [0.05, 0.1) is 12.1 Å². The van der Waals surface area contributed by atoms with E-state index in [1.54, 1.807) is 60.7 Å². The number of nitrogens with zero attached hydrogens (tertiary/aromatic N) is 2. The molecule has 0 aliphatic carbocycles. The molecule has 7 heteroatoms. The molecule has 160 valence electrons. The summed E-state index contributed by atoms with van der Waals surface area (Å²) in [6.45, 7) is 0.993. The average Bonchev–Trinajstić information content (AvgIpc) is 2.83. The highest BCUT2D eigenvalue weighted by Crippen LogP contribution is 2.30.